The van der Waals surface area contributed by atoms with Crippen molar-refractivity contribution >= 4 is 63.8 Å². The summed E-state index contributed by atoms with van der Waals surface area (Å²) in [4.78, 5) is 10.5. The average molecular weight is 464 g/mol. The first-order valence-corrected chi connectivity index (χ1v) is 11.0. The smallest absolute Gasteiger partial charge is 0.215 e. The molecule has 152 valence electrons. The van der Waals surface area contributed by atoms with Crippen molar-refractivity contribution in [3.63, 3.8) is 0 Å². The quantitative estimate of drug-likeness (QED) is 0.347. The van der Waals surface area contributed by atoms with Crippen LogP contribution in [0.25, 0.3) is 17.3 Å². The van der Waals surface area contributed by atoms with Gasteiger partial charge in [-0.1, -0.05) is 52.7 Å². The minimum Gasteiger partial charge on any atom is -0.493 e. The van der Waals surface area contributed by atoms with E-state index >= 15 is 0 Å². The van der Waals surface area contributed by atoms with Crippen molar-refractivity contribution in [1.29, 1.82) is 0 Å². The van der Waals surface area contributed by atoms with Crippen molar-refractivity contribution in [3.8, 4) is 11.6 Å². The fourth-order valence-electron chi connectivity index (χ4n) is 3.30. The van der Waals surface area contributed by atoms with E-state index in [9.17, 15) is 5.11 Å². The molecule has 0 saturated carbocycles. The third kappa shape index (κ3) is 3.95. The number of hydrogen-bond donors (Lipinski definition) is 1. The van der Waals surface area contributed by atoms with Gasteiger partial charge in [0.1, 0.15) is 0 Å². The van der Waals surface area contributed by atoms with Crippen molar-refractivity contribution in [2.45, 2.75) is 0 Å². The molecule has 1 aliphatic rings. The first-order valence-electron chi connectivity index (χ1n) is 9.45. The maximum absolute atomic E-state index is 11.1. The van der Waals surface area contributed by atoms with Crippen molar-refractivity contribution in [1.82, 2.24) is 4.57 Å². The predicted molar refractivity (Wildman–Crippen MR) is 129 cm³/mol. The van der Waals surface area contributed by atoms with E-state index in [0.29, 0.717) is 19.7 Å². The summed E-state index contributed by atoms with van der Waals surface area (Å²) in [6.45, 7) is 0. The molecule has 0 atom stereocenters. The van der Waals surface area contributed by atoms with Crippen LogP contribution in [-0.2, 0) is 0 Å². The minimum absolute atomic E-state index is 0.102. The van der Waals surface area contributed by atoms with Crippen LogP contribution in [0.15, 0.2) is 82.8 Å². The molecule has 1 aliphatic heterocycles. The Balaban J connectivity index is 1.69. The first-order chi connectivity index (χ1) is 15.1. The van der Waals surface area contributed by atoms with Crippen molar-refractivity contribution in [2.75, 3.05) is 0 Å². The predicted octanol–water partition coefficient (Wildman–Crippen LogP) is 7.04. The number of rotatable bonds is 3. The number of para-hydroxylation sites is 1. The Hall–Kier alpha value is -3.12. The Morgan fingerprint density at radius 2 is 1.58 bits per heavy atom. The van der Waals surface area contributed by atoms with Gasteiger partial charge in [0.25, 0.3) is 0 Å². The number of aliphatic imine (C=N–C) groups is 1. The van der Waals surface area contributed by atoms with E-state index in [1.54, 1.807) is 28.8 Å². The SMILES string of the molecule is Oc1c(C=C2C=Nc3ccccc32)sc(=Nc2ccc(Cl)cc2)n1-c1ccc(Cl)cc1. The molecule has 4 nitrogen and oxygen atoms in total. The van der Waals surface area contributed by atoms with Gasteiger partial charge >= 0.3 is 0 Å². The highest BCUT2D eigenvalue weighted by Crippen LogP contribution is 2.35. The number of thiazole rings is 1. The van der Waals surface area contributed by atoms with Crippen LogP contribution in [0, 0.1) is 0 Å². The third-order valence-electron chi connectivity index (χ3n) is 4.81. The number of hydrogen-bond acceptors (Lipinski definition) is 4. The Bertz CT molecular complexity index is 1400. The molecule has 7 heteroatoms. The molecule has 5 rings (SSSR count). The lowest BCUT2D eigenvalue weighted by Gasteiger charge is -2.05. The second-order valence-electron chi connectivity index (χ2n) is 6.85. The summed E-state index contributed by atoms with van der Waals surface area (Å²) < 4.78 is 1.71. The van der Waals surface area contributed by atoms with Crippen LogP contribution >= 0.6 is 34.5 Å². The number of halogens is 2. The topological polar surface area (TPSA) is 49.9 Å². The minimum atomic E-state index is 0.102. The number of aromatic hydroxyl groups is 1. The van der Waals surface area contributed by atoms with Gasteiger partial charge in [-0.25, -0.2) is 4.99 Å². The van der Waals surface area contributed by atoms with Gasteiger partial charge < -0.3 is 5.11 Å². The van der Waals surface area contributed by atoms with E-state index in [4.69, 9.17) is 28.2 Å². The lowest BCUT2D eigenvalue weighted by atomic mass is 10.1. The molecule has 31 heavy (non-hydrogen) atoms. The van der Waals surface area contributed by atoms with Gasteiger partial charge in [-0.15, -0.1) is 0 Å². The molecule has 1 N–H and O–H groups in total. The molecular formula is C24H15Cl2N3OS. The standard InChI is InChI=1S/C24H15Cl2N3OS/c25-16-5-9-18(10-6-16)28-24-29(19-11-7-17(26)8-12-19)23(30)22(31-24)13-15-14-27-21-4-2-1-3-20(15)21/h1-14,30H. The molecule has 4 aromatic rings. The summed E-state index contributed by atoms with van der Waals surface area (Å²) in [5.41, 5.74) is 4.38. The number of nitrogens with zero attached hydrogens (tertiary/aromatic N) is 3. The Morgan fingerprint density at radius 3 is 2.32 bits per heavy atom. The normalized spacial score (nSPS) is 14.4. The molecule has 0 saturated heterocycles. The van der Waals surface area contributed by atoms with Crippen LogP contribution in [0.3, 0.4) is 0 Å². The molecule has 0 unspecified atom stereocenters. The lowest BCUT2D eigenvalue weighted by Crippen LogP contribution is -2.11. The van der Waals surface area contributed by atoms with Crippen LogP contribution in [0.5, 0.6) is 5.88 Å². The molecular weight excluding hydrogens is 449 g/mol. The highest BCUT2D eigenvalue weighted by atomic mass is 35.5. The van der Waals surface area contributed by atoms with E-state index in [0.717, 1.165) is 28.2 Å². The van der Waals surface area contributed by atoms with Crippen molar-refractivity contribution in [3.05, 3.63) is 98.1 Å². The lowest BCUT2D eigenvalue weighted by molar-refractivity contribution is 0.439. The third-order valence-corrected chi connectivity index (χ3v) is 6.29. The van der Waals surface area contributed by atoms with E-state index in [1.165, 1.54) is 11.3 Å². The summed E-state index contributed by atoms with van der Waals surface area (Å²) in [7, 11) is 0. The molecule has 3 aromatic carbocycles. The van der Waals surface area contributed by atoms with Crippen LogP contribution in [0.4, 0.5) is 11.4 Å². The molecule has 0 amide bonds. The number of allylic oxidation sites excluding steroid dienone is 1. The van der Waals surface area contributed by atoms with Gasteiger partial charge in [0, 0.05) is 27.4 Å². The van der Waals surface area contributed by atoms with Crippen LogP contribution in [0.2, 0.25) is 10.0 Å². The maximum Gasteiger partial charge on any atom is 0.215 e. The fourth-order valence-corrected chi connectivity index (χ4v) is 4.55. The Morgan fingerprint density at radius 1 is 0.903 bits per heavy atom. The van der Waals surface area contributed by atoms with E-state index in [2.05, 4.69) is 4.99 Å². The number of fused-ring (bicyclic) bond motifs is 1. The molecule has 0 aliphatic carbocycles. The highest BCUT2D eigenvalue weighted by molar-refractivity contribution is 7.10. The Kier molecular flexibility index (Phi) is 5.24. The van der Waals surface area contributed by atoms with Gasteiger partial charge in [0.05, 0.1) is 21.9 Å². The van der Waals surface area contributed by atoms with Crippen LogP contribution < -0.4 is 4.80 Å². The first kappa shape index (κ1) is 19.8. The van der Waals surface area contributed by atoms with Crippen molar-refractivity contribution < 1.29 is 5.11 Å². The second-order valence-corrected chi connectivity index (χ2v) is 8.73. The monoisotopic (exact) mass is 463 g/mol. The van der Waals surface area contributed by atoms with E-state index in [1.807, 2.05) is 60.8 Å². The molecule has 1 aromatic heterocycles. The fraction of sp³-hybridized carbons (Fsp3) is 0. The van der Waals surface area contributed by atoms with Gasteiger partial charge in [0.15, 0.2) is 4.80 Å². The van der Waals surface area contributed by atoms with Gasteiger partial charge in [0.2, 0.25) is 5.88 Å². The largest absolute Gasteiger partial charge is 0.493 e. The maximum atomic E-state index is 11.1. The highest BCUT2D eigenvalue weighted by Gasteiger charge is 2.17. The zero-order valence-electron chi connectivity index (χ0n) is 16.0. The van der Waals surface area contributed by atoms with Crippen LogP contribution in [0.1, 0.15) is 10.4 Å². The van der Waals surface area contributed by atoms with Gasteiger partial charge in [-0.3, -0.25) is 9.56 Å². The summed E-state index contributed by atoms with van der Waals surface area (Å²) in [6.07, 6.45) is 3.75. The van der Waals surface area contributed by atoms with Crippen LogP contribution in [-0.4, -0.2) is 15.9 Å². The molecule has 0 bridgehead atoms. The number of aromatic nitrogens is 1. The average Bonchev–Trinajstić information content (AvgIpc) is 3.32. The molecule has 2 heterocycles. The van der Waals surface area contributed by atoms with E-state index < -0.39 is 0 Å². The van der Waals surface area contributed by atoms with Gasteiger partial charge in [-0.05, 0) is 60.7 Å². The number of benzene rings is 3. The van der Waals surface area contributed by atoms with Crippen molar-refractivity contribution in [2.24, 2.45) is 9.98 Å². The summed E-state index contributed by atoms with van der Waals surface area (Å²) in [6, 6.07) is 22.4. The summed E-state index contributed by atoms with van der Waals surface area (Å²) in [5, 5.41) is 12.4. The molecule has 0 fully saturated rings. The zero-order chi connectivity index (χ0) is 21.4. The summed E-state index contributed by atoms with van der Waals surface area (Å²) in [5.74, 6) is 0.102. The molecule has 0 spiro atoms. The van der Waals surface area contributed by atoms with Gasteiger partial charge in [-0.2, -0.15) is 0 Å². The summed E-state index contributed by atoms with van der Waals surface area (Å²) >= 11 is 13.5. The Labute approximate surface area is 192 Å². The van der Waals surface area contributed by atoms with E-state index in [-0.39, 0.29) is 5.88 Å². The molecule has 0 radical (unpaired) electrons. The zero-order valence-corrected chi connectivity index (χ0v) is 18.4. The second kappa shape index (κ2) is 8.19.